The van der Waals surface area contributed by atoms with E-state index in [1.165, 1.54) is 0 Å². The number of ketones is 2. The van der Waals surface area contributed by atoms with Crippen LogP contribution in [0, 0.1) is 22.7 Å². The number of carbonyl (C=O) groups is 4. The molecule has 0 spiro atoms. The summed E-state index contributed by atoms with van der Waals surface area (Å²) in [6.45, 7) is 18.2. The number of hydrogen-bond acceptors (Lipinski definition) is 8. The van der Waals surface area contributed by atoms with Crippen LogP contribution < -0.4 is 0 Å². The summed E-state index contributed by atoms with van der Waals surface area (Å²) in [4.78, 5) is 64.7. The molecule has 2 unspecified atom stereocenters. The molecule has 0 rings (SSSR count). The maximum atomic E-state index is 11.8. The van der Waals surface area contributed by atoms with Gasteiger partial charge in [0.25, 0.3) is 0 Å². The van der Waals surface area contributed by atoms with Crippen molar-refractivity contribution in [3.05, 3.63) is 0 Å². The molecule has 0 heterocycles. The van der Waals surface area contributed by atoms with Gasteiger partial charge < -0.3 is 0 Å². The van der Waals surface area contributed by atoms with Gasteiger partial charge in [-0.2, -0.15) is 9.78 Å². The minimum Gasteiger partial charge on any atom is -0.298 e. The first-order valence-corrected chi connectivity index (χ1v) is 10.4. The molecule has 31 heavy (non-hydrogen) atoms. The van der Waals surface area contributed by atoms with Gasteiger partial charge in [0.1, 0.15) is 11.8 Å². The van der Waals surface area contributed by atoms with Gasteiger partial charge in [-0.15, -0.1) is 0 Å². The van der Waals surface area contributed by atoms with Crippen molar-refractivity contribution in [3.63, 3.8) is 0 Å². The second-order valence-corrected chi connectivity index (χ2v) is 8.77. The van der Waals surface area contributed by atoms with Crippen molar-refractivity contribution in [3.8, 4) is 0 Å². The van der Waals surface area contributed by atoms with Gasteiger partial charge in [-0.3, -0.25) is 19.4 Å². The topological polar surface area (TPSA) is 105 Å². The molecule has 9 heteroatoms. The molecule has 2 atom stereocenters. The Morgan fingerprint density at radius 3 is 1.03 bits per heavy atom. The van der Waals surface area contributed by atoms with E-state index in [9.17, 15) is 19.2 Å². The third-order valence-electron chi connectivity index (χ3n) is 4.01. The van der Waals surface area contributed by atoms with Gasteiger partial charge in [0.2, 0.25) is 0 Å². The van der Waals surface area contributed by atoms with Crippen molar-refractivity contribution in [1.82, 2.24) is 0 Å². The molecule has 0 saturated carbocycles. The van der Waals surface area contributed by atoms with Crippen LogP contribution in [0.2, 0.25) is 0 Å². The van der Waals surface area contributed by atoms with Crippen LogP contribution in [0.3, 0.4) is 0 Å². The van der Waals surface area contributed by atoms with E-state index >= 15 is 0 Å². The monoisotopic (exact) mass is 480 g/mol. The Bertz CT molecular complexity index is 511. The summed E-state index contributed by atoms with van der Waals surface area (Å²) in [5.74, 6) is -2.88. The fourth-order valence-corrected chi connectivity index (χ4v) is 2.31. The van der Waals surface area contributed by atoms with E-state index in [2.05, 4.69) is 19.6 Å². The molecule has 0 bridgehead atoms. The average molecular weight is 480 g/mol. The minimum atomic E-state index is -0.725. The van der Waals surface area contributed by atoms with Crippen LogP contribution in [0.1, 0.15) is 82.1 Å². The molecule has 0 amide bonds. The zero-order chi connectivity index (χ0) is 24.1. The Kier molecular flexibility index (Phi) is 18.4. The summed E-state index contributed by atoms with van der Waals surface area (Å²) < 4.78 is 0. The Labute approximate surface area is 201 Å². The average Bonchev–Trinajstić information content (AvgIpc) is 2.64. The van der Waals surface area contributed by atoms with E-state index < -0.39 is 34.6 Å². The van der Waals surface area contributed by atoms with Crippen molar-refractivity contribution >= 4 is 23.5 Å². The second kappa shape index (κ2) is 16.5. The van der Waals surface area contributed by atoms with Crippen LogP contribution in [0.15, 0.2) is 0 Å². The molecule has 0 aliphatic carbocycles. The van der Waals surface area contributed by atoms with Crippen LogP contribution in [0.25, 0.3) is 0 Å². The van der Waals surface area contributed by atoms with Crippen molar-refractivity contribution in [2.24, 2.45) is 22.7 Å². The third-order valence-corrected chi connectivity index (χ3v) is 4.01. The quantitative estimate of drug-likeness (QED) is 0.198. The molecule has 0 N–H and O–H groups in total. The van der Waals surface area contributed by atoms with Gasteiger partial charge in [0, 0.05) is 32.5 Å². The fourth-order valence-electron chi connectivity index (χ4n) is 2.31. The SMILES string of the molecule is CCOOC(=O)C(CC)C(=O)C(C)(C)C.CCOOC(=O)C(CC)C(=O)C(C)(C)C.[Ti]. The van der Waals surface area contributed by atoms with Crippen molar-refractivity contribution in [1.29, 1.82) is 0 Å². The van der Waals surface area contributed by atoms with Gasteiger partial charge >= 0.3 is 11.9 Å². The number of carbonyl (C=O) groups excluding carboxylic acids is 4. The van der Waals surface area contributed by atoms with E-state index in [0.29, 0.717) is 12.8 Å². The van der Waals surface area contributed by atoms with E-state index in [1.807, 2.05) is 0 Å². The normalized spacial score (nSPS) is 13.0. The van der Waals surface area contributed by atoms with Gasteiger partial charge in [0.15, 0.2) is 11.6 Å². The molecule has 0 aliphatic heterocycles. The molecule has 0 fully saturated rings. The summed E-state index contributed by atoms with van der Waals surface area (Å²) in [6.07, 6.45) is 0.865. The predicted molar refractivity (Wildman–Crippen MR) is 112 cm³/mol. The van der Waals surface area contributed by atoms with Crippen molar-refractivity contribution < 1.29 is 60.4 Å². The van der Waals surface area contributed by atoms with Crippen LogP contribution in [0.5, 0.6) is 0 Å². The molecule has 0 aromatic carbocycles. The van der Waals surface area contributed by atoms with E-state index in [1.54, 1.807) is 69.2 Å². The summed E-state index contributed by atoms with van der Waals surface area (Å²) in [6, 6.07) is 0. The number of hydrogen-bond donors (Lipinski definition) is 0. The maximum absolute atomic E-state index is 11.8. The van der Waals surface area contributed by atoms with Crippen LogP contribution in [-0.2, 0) is 60.4 Å². The van der Waals surface area contributed by atoms with Crippen molar-refractivity contribution in [2.45, 2.75) is 82.1 Å². The van der Waals surface area contributed by atoms with Gasteiger partial charge in [-0.05, 0) is 26.7 Å². The molecule has 0 aromatic heterocycles. The molecule has 180 valence electrons. The van der Waals surface area contributed by atoms with Crippen molar-refractivity contribution in [2.75, 3.05) is 13.2 Å². The molecule has 0 saturated heterocycles. The largest absolute Gasteiger partial charge is 0.352 e. The fraction of sp³-hybridized carbons (Fsp3) is 0.818. The standard InChI is InChI=1S/2C11H20O4.Ti/c2*1-6-8(9(12)11(3,4)5)10(13)15-14-7-2;/h2*8H,6-7H2,1-5H3;. The van der Waals surface area contributed by atoms with Crippen LogP contribution >= 0.6 is 0 Å². The first kappa shape index (κ1) is 34.5. The minimum absolute atomic E-state index is 0. The summed E-state index contributed by atoms with van der Waals surface area (Å²) in [5, 5.41) is 0. The Morgan fingerprint density at radius 2 is 0.871 bits per heavy atom. The van der Waals surface area contributed by atoms with Gasteiger partial charge in [0.05, 0.1) is 13.2 Å². The third kappa shape index (κ3) is 13.8. The first-order chi connectivity index (χ1) is 13.7. The predicted octanol–water partition coefficient (Wildman–Crippen LogP) is 4.24. The number of Topliss-reactive ketones (excluding diaryl/α,β-unsaturated/α-hetero) is 2. The summed E-state index contributed by atoms with van der Waals surface area (Å²) in [5.41, 5.74) is -1.07. The molecular formula is C22H40O8Ti. The number of rotatable bonds is 10. The van der Waals surface area contributed by atoms with E-state index in [4.69, 9.17) is 0 Å². The molecule has 8 nitrogen and oxygen atoms in total. The Hall–Kier alpha value is -1.09. The summed E-state index contributed by atoms with van der Waals surface area (Å²) >= 11 is 0. The molecule has 0 aromatic rings. The van der Waals surface area contributed by atoms with Gasteiger partial charge in [-0.25, -0.2) is 9.59 Å². The maximum Gasteiger partial charge on any atom is 0.352 e. The zero-order valence-electron chi connectivity index (χ0n) is 20.7. The first-order valence-electron chi connectivity index (χ1n) is 10.4. The Balaban J connectivity index is -0.000000490. The second-order valence-electron chi connectivity index (χ2n) is 8.77. The van der Waals surface area contributed by atoms with Crippen LogP contribution in [0.4, 0.5) is 0 Å². The summed E-state index contributed by atoms with van der Waals surface area (Å²) in [7, 11) is 0. The molecule has 0 aliphatic rings. The molecule has 0 radical (unpaired) electrons. The molecular weight excluding hydrogens is 440 g/mol. The van der Waals surface area contributed by atoms with E-state index in [0.717, 1.165) is 0 Å². The Morgan fingerprint density at radius 1 is 0.613 bits per heavy atom. The van der Waals surface area contributed by atoms with E-state index in [-0.39, 0.29) is 46.5 Å². The smallest absolute Gasteiger partial charge is 0.298 e. The zero-order valence-corrected chi connectivity index (χ0v) is 22.3. The van der Waals surface area contributed by atoms with Crippen LogP contribution in [-0.4, -0.2) is 36.7 Å². The van der Waals surface area contributed by atoms with Gasteiger partial charge in [-0.1, -0.05) is 55.4 Å².